The minimum atomic E-state index is 0.147. The monoisotopic (exact) mass is 312 g/mol. The van der Waals surface area contributed by atoms with Crippen molar-refractivity contribution in [2.45, 2.75) is 45.1 Å². The summed E-state index contributed by atoms with van der Waals surface area (Å²) in [7, 11) is 1.89. The molecule has 2 aromatic heterocycles. The van der Waals surface area contributed by atoms with Gasteiger partial charge in [-0.05, 0) is 24.0 Å². The molecular weight excluding hydrogens is 288 g/mol. The van der Waals surface area contributed by atoms with E-state index in [4.69, 9.17) is 0 Å². The highest BCUT2D eigenvalue weighted by atomic mass is 16.1. The molecule has 0 aliphatic heterocycles. The molecule has 0 aromatic carbocycles. The van der Waals surface area contributed by atoms with Gasteiger partial charge in [0.25, 0.3) is 0 Å². The summed E-state index contributed by atoms with van der Waals surface area (Å²) in [5.41, 5.74) is 2.92. The first kappa shape index (κ1) is 15.7. The highest BCUT2D eigenvalue weighted by molar-refractivity contribution is 5.75. The van der Waals surface area contributed by atoms with Crippen molar-refractivity contribution in [3.05, 3.63) is 36.3 Å². The first-order valence-corrected chi connectivity index (χ1v) is 8.41. The Morgan fingerprint density at radius 1 is 1.30 bits per heavy atom. The molecule has 0 spiro atoms. The molecule has 1 N–H and O–H groups in total. The third-order valence-corrected chi connectivity index (χ3v) is 4.57. The Kier molecular flexibility index (Phi) is 5.05. The Labute approximate surface area is 137 Å². The number of amides is 1. The van der Waals surface area contributed by atoms with Crippen molar-refractivity contribution in [3.63, 3.8) is 0 Å². The van der Waals surface area contributed by atoms with Crippen LogP contribution in [0.4, 0.5) is 0 Å². The number of rotatable bonds is 6. The third-order valence-electron chi connectivity index (χ3n) is 4.57. The van der Waals surface area contributed by atoms with E-state index in [1.807, 2.05) is 31.6 Å². The van der Waals surface area contributed by atoms with Crippen LogP contribution in [0.2, 0.25) is 0 Å². The fourth-order valence-electron chi connectivity index (χ4n) is 3.18. The van der Waals surface area contributed by atoms with Crippen LogP contribution in [0.3, 0.4) is 0 Å². The van der Waals surface area contributed by atoms with Gasteiger partial charge in [-0.1, -0.05) is 31.7 Å². The van der Waals surface area contributed by atoms with E-state index in [0.29, 0.717) is 13.0 Å². The number of pyridine rings is 1. The van der Waals surface area contributed by atoms with E-state index >= 15 is 0 Å². The zero-order valence-electron chi connectivity index (χ0n) is 13.7. The van der Waals surface area contributed by atoms with Gasteiger partial charge in [-0.3, -0.25) is 14.5 Å². The number of carbonyl (C=O) groups excluding carboxylic acids is 1. The summed E-state index contributed by atoms with van der Waals surface area (Å²) in [6.07, 6.45) is 12.5. The van der Waals surface area contributed by atoms with Gasteiger partial charge in [0.1, 0.15) is 0 Å². The number of hydrogen-bond acceptors (Lipinski definition) is 3. The number of aromatic nitrogens is 3. The van der Waals surface area contributed by atoms with E-state index in [2.05, 4.69) is 15.4 Å². The molecule has 2 aromatic rings. The van der Waals surface area contributed by atoms with Gasteiger partial charge < -0.3 is 5.32 Å². The highest BCUT2D eigenvalue weighted by Gasteiger charge is 2.16. The van der Waals surface area contributed by atoms with Crippen LogP contribution in [0.1, 0.15) is 44.1 Å². The molecule has 5 nitrogen and oxygen atoms in total. The van der Waals surface area contributed by atoms with Gasteiger partial charge in [-0.15, -0.1) is 0 Å². The van der Waals surface area contributed by atoms with E-state index in [0.717, 1.165) is 29.2 Å². The Hall–Kier alpha value is -2.17. The minimum absolute atomic E-state index is 0.147. The molecule has 3 rings (SSSR count). The molecule has 0 saturated heterocycles. The zero-order chi connectivity index (χ0) is 16.1. The average Bonchev–Trinajstić information content (AvgIpc) is 3.23. The second-order valence-corrected chi connectivity index (χ2v) is 6.42. The first-order chi connectivity index (χ1) is 11.2. The number of carbonyl (C=O) groups is 1. The van der Waals surface area contributed by atoms with Crippen molar-refractivity contribution < 1.29 is 4.79 Å². The summed E-state index contributed by atoms with van der Waals surface area (Å²) in [5.74, 6) is 0.911. The van der Waals surface area contributed by atoms with Crippen LogP contribution < -0.4 is 5.32 Å². The van der Waals surface area contributed by atoms with Crippen LogP contribution >= 0.6 is 0 Å². The second-order valence-electron chi connectivity index (χ2n) is 6.42. The Morgan fingerprint density at radius 3 is 2.78 bits per heavy atom. The van der Waals surface area contributed by atoms with Gasteiger partial charge in [0.05, 0.1) is 11.9 Å². The van der Waals surface area contributed by atoms with E-state index in [9.17, 15) is 4.79 Å². The van der Waals surface area contributed by atoms with Crippen molar-refractivity contribution in [2.75, 3.05) is 0 Å². The predicted octanol–water partition coefficient (Wildman–Crippen LogP) is 3.07. The van der Waals surface area contributed by atoms with Crippen LogP contribution in [0.5, 0.6) is 0 Å². The summed E-state index contributed by atoms with van der Waals surface area (Å²) in [5, 5.41) is 7.14. The van der Waals surface area contributed by atoms with Crippen molar-refractivity contribution in [1.82, 2.24) is 20.1 Å². The second kappa shape index (κ2) is 7.40. The summed E-state index contributed by atoms with van der Waals surface area (Å²) in [4.78, 5) is 16.4. The molecule has 1 fully saturated rings. The summed E-state index contributed by atoms with van der Waals surface area (Å²) >= 11 is 0. The summed E-state index contributed by atoms with van der Waals surface area (Å²) in [6.45, 7) is 0.545. The standard InChI is InChI=1S/C18H24N4O/c1-22-13-16(12-21-22)17-8-6-15(10-19-17)11-20-18(23)9-7-14-4-2-3-5-14/h6,8,10,12-14H,2-5,7,9,11H2,1H3,(H,20,23). The summed E-state index contributed by atoms with van der Waals surface area (Å²) < 4.78 is 1.76. The molecule has 5 heteroatoms. The molecular formula is C18H24N4O. The quantitative estimate of drug-likeness (QED) is 0.891. The first-order valence-electron chi connectivity index (χ1n) is 8.41. The van der Waals surface area contributed by atoms with Crippen molar-refractivity contribution in [1.29, 1.82) is 0 Å². The van der Waals surface area contributed by atoms with Gasteiger partial charge in [0.2, 0.25) is 5.91 Å². The van der Waals surface area contributed by atoms with Crippen LogP contribution in [-0.2, 0) is 18.4 Å². The fourth-order valence-corrected chi connectivity index (χ4v) is 3.18. The Morgan fingerprint density at radius 2 is 2.13 bits per heavy atom. The van der Waals surface area contributed by atoms with E-state index in [1.54, 1.807) is 10.9 Å². The number of hydrogen-bond donors (Lipinski definition) is 1. The molecule has 0 unspecified atom stereocenters. The van der Waals surface area contributed by atoms with Gasteiger partial charge in [0, 0.05) is 38.0 Å². The smallest absolute Gasteiger partial charge is 0.220 e. The topological polar surface area (TPSA) is 59.8 Å². The lowest BCUT2D eigenvalue weighted by atomic mass is 10.0. The molecule has 0 bridgehead atoms. The van der Waals surface area contributed by atoms with Crippen molar-refractivity contribution in [3.8, 4) is 11.3 Å². The molecule has 1 saturated carbocycles. The van der Waals surface area contributed by atoms with Gasteiger partial charge >= 0.3 is 0 Å². The van der Waals surface area contributed by atoms with Gasteiger partial charge in [-0.25, -0.2) is 0 Å². The summed E-state index contributed by atoms with van der Waals surface area (Å²) in [6, 6.07) is 3.98. The number of nitrogens with zero attached hydrogens (tertiary/aromatic N) is 3. The molecule has 2 heterocycles. The third kappa shape index (κ3) is 4.41. The minimum Gasteiger partial charge on any atom is -0.352 e. The normalized spacial score (nSPS) is 15.0. The maximum absolute atomic E-state index is 11.9. The number of nitrogens with one attached hydrogen (secondary N) is 1. The van der Waals surface area contributed by atoms with Gasteiger partial charge in [0.15, 0.2) is 0 Å². The lowest BCUT2D eigenvalue weighted by Crippen LogP contribution is -2.23. The van der Waals surface area contributed by atoms with Crippen molar-refractivity contribution >= 4 is 5.91 Å². The molecule has 1 aliphatic carbocycles. The molecule has 0 radical (unpaired) electrons. The van der Waals surface area contributed by atoms with Crippen LogP contribution in [0.25, 0.3) is 11.3 Å². The van der Waals surface area contributed by atoms with Crippen LogP contribution in [-0.4, -0.2) is 20.7 Å². The lowest BCUT2D eigenvalue weighted by molar-refractivity contribution is -0.121. The zero-order valence-corrected chi connectivity index (χ0v) is 13.7. The van der Waals surface area contributed by atoms with E-state index < -0.39 is 0 Å². The largest absolute Gasteiger partial charge is 0.352 e. The molecule has 0 atom stereocenters. The lowest BCUT2D eigenvalue weighted by Gasteiger charge is -2.09. The van der Waals surface area contributed by atoms with E-state index in [1.165, 1.54) is 25.7 Å². The Balaban J connectivity index is 1.45. The fraction of sp³-hybridized carbons (Fsp3) is 0.500. The van der Waals surface area contributed by atoms with Gasteiger partial charge in [-0.2, -0.15) is 5.10 Å². The average molecular weight is 312 g/mol. The molecule has 122 valence electrons. The number of aryl methyl sites for hydroxylation is 1. The molecule has 1 amide bonds. The van der Waals surface area contributed by atoms with Crippen molar-refractivity contribution in [2.24, 2.45) is 13.0 Å². The SMILES string of the molecule is Cn1cc(-c2ccc(CNC(=O)CCC3CCCC3)cn2)cn1. The van der Waals surface area contributed by atoms with Crippen LogP contribution in [0, 0.1) is 5.92 Å². The van der Waals surface area contributed by atoms with E-state index in [-0.39, 0.29) is 5.91 Å². The maximum Gasteiger partial charge on any atom is 0.220 e. The molecule has 1 aliphatic rings. The molecule has 23 heavy (non-hydrogen) atoms. The maximum atomic E-state index is 11.9. The Bertz CT molecular complexity index is 641. The van der Waals surface area contributed by atoms with Crippen LogP contribution in [0.15, 0.2) is 30.7 Å². The predicted molar refractivity (Wildman–Crippen MR) is 89.5 cm³/mol. The highest BCUT2D eigenvalue weighted by Crippen LogP contribution is 2.28.